The number of fused-ring (bicyclic) bond motifs is 1. The van der Waals surface area contributed by atoms with Crippen LogP contribution in [0.5, 0.6) is 0 Å². The van der Waals surface area contributed by atoms with Gasteiger partial charge < -0.3 is 9.47 Å². The average molecular weight is 361 g/mol. The molecule has 4 nitrogen and oxygen atoms in total. The molecule has 1 saturated heterocycles. The molecule has 0 atom stereocenters. The lowest BCUT2D eigenvalue weighted by Crippen LogP contribution is -2.41. The summed E-state index contributed by atoms with van der Waals surface area (Å²) in [6, 6.07) is 11.5. The Morgan fingerprint density at radius 3 is 2.41 bits per heavy atom. The Morgan fingerprint density at radius 1 is 1.05 bits per heavy atom. The van der Waals surface area contributed by atoms with E-state index in [1.807, 2.05) is 36.4 Å². The maximum Gasteiger partial charge on any atom is 0.348 e. The van der Waals surface area contributed by atoms with Crippen LogP contribution in [0.3, 0.4) is 0 Å². The Kier molecular flexibility index (Phi) is 3.53. The van der Waals surface area contributed by atoms with Crippen molar-refractivity contribution >= 4 is 44.7 Å². The van der Waals surface area contributed by atoms with Crippen LogP contribution in [0.4, 0.5) is 0 Å². The molecule has 0 radical (unpaired) electrons. The van der Waals surface area contributed by atoms with Gasteiger partial charge in [0, 0.05) is 18.3 Å². The first-order chi connectivity index (χ1) is 10.4. The molecule has 5 heteroatoms. The van der Waals surface area contributed by atoms with E-state index in [0.717, 1.165) is 20.8 Å². The Hall–Kier alpha value is -2.14. The van der Waals surface area contributed by atoms with Gasteiger partial charge in [-0.15, -0.1) is 0 Å². The average Bonchev–Trinajstić information content (AvgIpc) is 2.43. The third kappa shape index (κ3) is 2.76. The van der Waals surface area contributed by atoms with Crippen molar-refractivity contribution in [1.82, 2.24) is 0 Å². The van der Waals surface area contributed by atoms with E-state index in [9.17, 15) is 9.59 Å². The van der Waals surface area contributed by atoms with Gasteiger partial charge in [-0.05, 0) is 34.5 Å². The highest BCUT2D eigenvalue weighted by Gasteiger charge is 2.38. The lowest BCUT2D eigenvalue weighted by Gasteiger charge is -2.29. The van der Waals surface area contributed by atoms with Crippen molar-refractivity contribution in [2.75, 3.05) is 0 Å². The van der Waals surface area contributed by atoms with Gasteiger partial charge in [0.05, 0.1) is 0 Å². The van der Waals surface area contributed by atoms with Crippen molar-refractivity contribution in [3.8, 4) is 0 Å². The molecule has 1 heterocycles. The molecule has 1 aliphatic rings. The van der Waals surface area contributed by atoms with Crippen LogP contribution in [0.25, 0.3) is 16.8 Å². The monoisotopic (exact) mass is 360 g/mol. The van der Waals surface area contributed by atoms with E-state index >= 15 is 0 Å². The Morgan fingerprint density at radius 2 is 1.73 bits per heavy atom. The number of ether oxygens (including phenoxy) is 2. The molecular weight excluding hydrogens is 348 g/mol. The number of esters is 2. The molecule has 2 aromatic carbocycles. The van der Waals surface area contributed by atoms with Crippen molar-refractivity contribution < 1.29 is 19.1 Å². The minimum atomic E-state index is -1.22. The van der Waals surface area contributed by atoms with Crippen LogP contribution in [-0.2, 0) is 19.1 Å². The van der Waals surface area contributed by atoms with E-state index in [-0.39, 0.29) is 5.57 Å². The molecular formula is C17H13BrO4. The SMILES string of the molecule is CC1(C)OC(=O)C(=Cc2ccc3cccc(Br)c3c2)C(=O)O1. The van der Waals surface area contributed by atoms with E-state index in [4.69, 9.17) is 9.47 Å². The minimum absolute atomic E-state index is 0.106. The molecule has 0 unspecified atom stereocenters. The number of rotatable bonds is 1. The second-order valence-electron chi connectivity index (χ2n) is 5.46. The molecule has 112 valence electrons. The molecule has 0 N–H and O–H groups in total. The number of carbonyl (C=O) groups is 2. The van der Waals surface area contributed by atoms with Gasteiger partial charge in [0.25, 0.3) is 5.79 Å². The molecule has 3 rings (SSSR count). The van der Waals surface area contributed by atoms with Crippen molar-refractivity contribution in [2.24, 2.45) is 0 Å². The van der Waals surface area contributed by atoms with E-state index < -0.39 is 17.7 Å². The smallest absolute Gasteiger partial charge is 0.348 e. The van der Waals surface area contributed by atoms with Gasteiger partial charge in [0.1, 0.15) is 5.57 Å². The van der Waals surface area contributed by atoms with Crippen LogP contribution < -0.4 is 0 Å². The predicted molar refractivity (Wildman–Crippen MR) is 85.9 cm³/mol. The normalized spacial score (nSPS) is 17.1. The van der Waals surface area contributed by atoms with Crippen LogP contribution in [0.1, 0.15) is 19.4 Å². The number of halogens is 1. The molecule has 0 amide bonds. The quantitative estimate of drug-likeness (QED) is 0.440. The lowest BCUT2D eigenvalue weighted by molar-refractivity contribution is -0.222. The Balaban J connectivity index is 2.03. The first-order valence-corrected chi connectivity index (χ1v) is 7.52. The molecule has 0 bridgehead atoms. The van der Waals surface area contributed by atoms with Crippen molar-refractivity contribution in [2.45, 2.75) is 19.6 Å². The minimum Gasteiger partial charge on any atom is -0.419 e. The van der Waals surface area contributed by atoms with Crippen LogP contribution >= 0.6 is 15.9 Å². The summed E-state index contributed by atoms with van der Waals surface area (Å²) < 4.78 is 11.1. The number of hydrogen-bond donors (Lipinski definition) is 0. The van der Waals surface area contributed by atoms with Crippen molar-refractivity contribution in [1.29, 1.82) is 0 Å². The number of hydrogen-bond acceptors (Lipinski definition) is 4. The highest BCUT2D eigenvalue weighted by atomic mass is 79.9. The van der Waals surface area contributed by atoms with E-state index in [2.05, 4.69) is 15.9 Å². The summed E-state index contributed by atoms with van der Waals surface area (Å²) in [7, 11) is 0. The van der Waals surface area contributed by atoms with Crippen molar-refractivity contribution in [3.63, 3.8) is 0 Å². The summed E-state index contributed by atoms with van der Waals surface area (Å²) in [4.78, 5) is 23.9. The Labute approximate surface area is 135 Å². The largest absolute Gasteiger partial charge is 0.419 e. The van der Waals surface area contributed by atoms with Gasteiger partial charge in [-0.2, -0.15) is 0 Å². The van der Waals surface area contributed by atoms with E-state index in [1.54, 1.807) is 0 Å². The molecule has 0 saturated carbocycles. The van der Waals surface area contributed by atoms with E-state index in [0.29, 0.717) is 0 Å². The summed E-state index contributed by atoms with van der Waals surface area (Å²) in [6.45, 7) is 3.04. The van der Waals surface area contributed by atoms with Crippen LogP contribution in [0.2, 0.25) is 0 Å². The first-order valence-electron chi connectivity index (χ1n) is 6.72. The molecule has 2 aromatic rings. The third-order valence-electron chi connectivity index (χ3n) is 3.28. The lowest BCUT2D eigenvalue weighted by atomic mass is 10.0. The molecule has 0 aliphatic carbocycles. The van der Waals surface area contributed by atoms with Gasteiger partial charge in [0.15, 0.2) is 0 Å². The maximum atomic E-state index is 12.0. The summed E-state index contributed by atoms with van der Waals surface area (Å²) in [5.41, 5.74) is 0.619. The molecule has 0 aromatic heterocycles. The van der Waals surface area contributed by atoms with Crippen molar-refractivity contribution in [3.05, 3.63) is 52.0 Å². The molecule has 22 heavy (non-hydrogen) atoms. The van der Waals surface area contributed by atoms with Gasteiger partial charge in [-0.25, -0.2) is 9.59 Å². The van der Waals surface area contributed by atoms with Crippen LogP contribution in [0.15, 0.2) is 46.4 Å². The highest BCUT2D eigenvalue weighted by Crippen LogP contribution is 2.27. The third-order valence-corrected chi connectivity index (χ3v) is 3.97. The molecule has 0 spiro atoms. The van der Waals surface area contributed by atoms with E-state index in [1.165, 1.54) is 19.9 Å². The zero-order chi connectivity index (χ0) is 15.9. The number of cyclic esters (lactones) is 2. The summed E-state index contributed by atoms with van der Waals surface area (Å²) in [5, 5.41) is 2.06. The number of carbonyl (C=O) groups excluding carboxylic acids is 2. The summed E-state index contributed by atoms with van der Waals surface area (Å²) >= 11 is 3.49. The summed E-state index contributed by atoms with van der Waals surface area (Å²) in [5.74, 6) is -2.57. The molecule has 1 aliphatic heterocycles. The second kappa shape index (κ2) is 5.25. The zero-order valence-electron chi connectivity index (χ0n) is 12.1. The maximum absolute atomic E-state index is 12.0. The Bertz CT molecular complexity index is 799. The first kappa shape index (κ1) is 14.8. The summed E-state index contributed by atoms with van der Waals surface area (Å²) in [6.07, 6.45) is 1.48. The van der Waals surface area contributed by atoms with Gasteiger partial charge in [0.2, 0.25) is 0 Å². The zero-order valence-corrected chi connectivity index (χ0v) is 13.6. The standard InChI is InChI=1S/C17H13BrO4/c1-17(2)21-15(19)13(16(20)22-17)9-10-6-7-11-4-3-5-14(18)12(11)8-10/h3-9H,1-2H3. The fourth-order valence-electron chi connectivity index (χ4n) is 2.29. The topological polar surface area (TPSA) is 52.6 Å². The number of benzene rings is 2. The fourth-order valence-corrected chi connectivity index (χ4v) is 2.78. The second-order valence-corrected chi connectivity index (χ2v) is 6.31. The van der Waals surface area contributed by atoms with Gasteiger partial charge >= 0.3 is 11.9 Å². The van der Waals surface area contributed by atoms with Crippen LogP contribution in [0, 0.1) is 0 Å². The van der Waals surface area contributed by atoms with Crippen LogP contribution in [-0.4, -0.2) is 17.7 Å². The van der Waals surface area contributed by atoms with Gasteiger partial charge in [-0.3, -0.25) is 0 Å². The molecule has 1 fully saturated rings. The van der Waals surface area contributed by atoms with Gasteiger partial charge in [-0.1, -0.05) is 40.2 Å². The fraction of sp³-hybridized carbons (Fsp3) is 0.176. The predicted octanol–water partition coefficient (Wildman–Crippen LogP) is 3.82. The highest BCUT2D eigenvalue weighted by molar-refractivity contribution is 9.10.